The van der Waals surface area contributed by atoms with Gasteiger partial charge in [0.05, 0.1) is 0 Å². The van der Waals surface area contributed by atoms with Crippen LogP contribution in [0.25, 0.3) is 5.53 Å². The second-order valence-corrected chi connectivity index (χ2v) is 1.46. The lowest BCUT2D eigenvalue weighted by Crippen LogP contribution is -1.97. The topological polar surface area (TPSA) is 53.5 Å². The van der Waals surface area contributed by atoms with Crippen molar-refractivity contribution < 1.29 is 9.58 Å². The Bertz CT molecular complexity index is 124. The molecule has 0 amide bonds. The summed E-state index contributed by atoms with van der Waals surface area (Å²) < 4.78 is 0. The summed E-state index contributed by atoms with van der Waals surface area (Å²) in [5.41, 5.74) is 7.81. The third-order valence-electron chi connectivity index (χ3n) is 0.698. The number of Topliss-reactive ketones (excluding diaryl/α,β-unsaturated/α-hetero) is 1. The Hall–Kier alpha value is -0.950. The smallest absolute Gasteiger partial charge is 0.323 e. The molecule has 0 N–H and O–H groups in total. The van der Waals surface area contributed by atoms with Crippen molar-refractivity contribution in [3.8, 4) is 0 Å². The van der Waals surface area contributed by atoms with Crippen LogP contribution in [0.5, 0.6) is 0 Å². The van der Waals surface area contributed by atoms with Crippen molar-refractivity contribution in [1.82, 2.24) is 0 Å². The first-order chi connectivity index (χ1) is 3.81. The number of nitrogens with zero attached hydrogens (tertiary/aromatic N) is 2. The van der Waals surface area contributed by atoms with Gasteiger partial charge >= 0.3 is 6.21 Å². The molecule has 0 unspecified atom stereocenters. The van der Waals surface area contributed by atoms with Gasteiger partial charge in [0.1, 0.15) is 0 Å². The SMILES string of the molecule is CCCC(=O)C=[N+]=[N-]. The molecule has 0 aliphatic rings. The minimum atomic E-state index is -0.130. The molecule has 0 bridgehead atoms. The van der Waals surface area contributed by atoms with Gasteiger partial charge in [-0.05, 0) is 6.42 Å². The molecular weight excluding hydrogens is 104 g/mol. The van der Waals surface area contributed by atoms with Gasteiger partial charge in [0.2, 0.25) is 5.78 Å². The van der Waals surface area contributed by atoms with Gasteiger partial charge in [-0.1, -0.05) is 6.92 Å². The highest BCUT2D eigenvalue weighted by molar-refractivity contribution is 6.25. The van der Waals surface area contributed by atoms with Crippen molar-refractivity contribution in [3.05, 3.63) is 5.53 Å². The molecule has 3 heteroatoms. The molecule has 0 aliphatic carbocycles. The van der Waals surface area contributed by atoms with E-state index in [1.807, 2.05) is 6.92 Å². The summed E-state index contributed by atoms with van der Waals surface area (Å²) in [5, 5.41) is 0. The fraction of sp³-hybridized carbons (Fsp3) is 0.600. The van der Waals surface area contributed by atoms with Crippen LogP contribution in [0.4, 0.5) is 0 Å². The van der Waals surface area contributed by atoms with Gasteiger partial charge in [-0.15, -0.1) is 0 Å². The van der Waals surface area contributed by atoms with Crippen LogP contribution in [0.1, 0.15) is 19.8 Å². The lowest BCUT2D eigenvalue weighted by molar-refractivity contribution is -0.116. The van der Waals surface area contributed by atoms with Crippen molar-refractivity contribution in [2.75, 3.05) is 0 Å². The zero-order valence-electron chi connectivity index (χ0n) is 4.79. The van der Waals surface area contributed by atoms with Crippen LogP contribution in [-0.4, -0.2) is 16.8 Å². The van der Waals surface area contributed by atoms with E-state index in [0.29, 0.717) is 6.42 Å². The summed E-state index contributed by atoms with van der Waals surface area (Å²) in [6.07, 6.45) is 2.18. The summed E-state index contributed by atoms with van der Waals surface area (Å²) in [5.74, 6) is -0.130. The minimum Gasteiger partial charge on any atom is -0.361 e. The molecule has 0 fully saturated rings. The maximum atomic E-state index is 10.3. The molecule has 0 radical (unpaired) electrons. The zero-order valence-corrected chi connectivity index (χ0v) is 4.79. The molecule has 0 atom stereocenters. The van der Waals surface area contributed by atoms with Crippen molar-refractivity contribution in [2.24, 2.45) is 0 Å². The highest BCUT2D eigenvalue weighted by Gasteiger charge is 1.96. The van der Waals surface area contributed by atoms with Crippen LogP contribution in [-0.2, 0) is 4.79 Å². The third-order valence-corrected chi connectivity index (χ3v) is 0.698. The second kappa shape index (κ2) is 4.22. The Morgan fingerprint density at radius 1 is 1.88 bits per heavy atom. The molecular formula is C5H8N2O. The Kier molecular flexibility index (Phi) is 3.71. The number of hydrogen-bond acceptors (Lipinski definition) is 1. The zero-order chi connectivity index (χ0) is 6.41. The molecule has 0 saturated carbocycles. The average molecular weight is 112 g/mol. The Balaban J connectivity index is 3.49. The summed E-state index contributed by atoms with van der Waals surface area (Å²) in [7, 11) is 0. The summed E-state index contributed by atoms with van der Waals surface area (Å²) >= 11 is 0. The highest BCUT2D eigenvalue weighted by Crippen LogP contribution is 1.83. The van der Waals surface area contributed by atoms with E-state index in [1.54, 1.807) is 0 Å². The van der Waals surface area contributed by atoms with E-state index in [2.05, 4.69) is 4.79 Å². The van der Waals surface area contributed by atoms with Gasteiger partial charge in [-0.25, -0.2) is 0 Å². The van der Waals surface area contributed by atoms with E-state index < -0.39 is 0 Å². The fourth-order valence-corrected chi connectivity index (χ4v) is 0.375. The number of carbonyl (C=O) groups is 1. The molecule has 0 saturated heterocycles. The van der Waals surface area contributed by atoms with Gasteiger partial charge in [0, 0.05) is 6.42 Å². The summed E-state index contributed by atoms with van der Waals surface area (Å²) in [4.78, 5) is 12.9. The van der Waals surface area contributed by atoms with Crippen LogP contribution in [0, 0.1) is 0 Å². The van der Waals surface area contributed by atoms with Crippen molar-refractivity contribution >= 4 is 12.0 Å². The molecule has 3 nitrogen and oxygen atoms in total. The second-order valence-electron chi connectivity index (χ2n) is 1.46. The van der Waals surface area contributed by atoms with E-state index in [4.69, 9.17) is 5.53 Å². The van der Waals surface area contributed by atoms with E-state index in [1.165, 1.54) is 0 Å². The monoisotopic (exact) mass is 112 g/mol. The molecule has 0 aromatic rings. The maximum absolute atomic E-state index is 10.3. The predicted molar refractivity (Wildman–Crippen MR) is 29.6 cm³/mol. The van der Waals surface area contributed by atoms with E-state index in [-0.39, 0.29) is 5.78 Å². The normalized spacial score (nSPS) is 7.62. The average Bonchev–Trinajstić information content (AvgIpc) is 1.68. The molecule has 0 heterocycles. The fourth-order valence-electron chi connectivity index (χ4n) is 0.375. The largest absolute Gasteiger partial charge is 0.361 e. The molecule has 0 aliphatic heterocycles. The molecule has 8 heavy (non-hydrogen) atoms. The van der Waals surface area contributed by atoms with Gasteiger partial charge in [0.25, 0.3) is 0 Å². The van der Waals surface area contributed by atoms with Gasteiger partial charge in [0.15, 0.2) is 0 Å². The lowest BCUT2D eigenvalue weighted by atomic mass is 10.2. The predicted octanol–water partition coefficient (Wildman–Crippen LogP) is 0.656. The first-order valence-corrected chi connectivity index (χ1v) is 2.51. The number of carbonyl (C=O) groups excluding carboxylic acids is 1. The van der Waals surface area contributed by atoms with Crippen molar-refractivity contribution in [2.45, 2.75) is 19.8 Å². The molecule has 0 spiro atoms. The van der Waals surface area contributed by atoms with Crippen LogP contribution in [0.15, 0.2) is 0 Å². The minimum absolute atomic E-state index is 0.130. The van der Waals surface area contributed by atoms with Gasteiger partial charge in [-0.2, -0.15) is 4.79 Å². The van der Waals surface area contributed by atoms with Crippen LogP contribution < -0.4 is 0 Å². The first-order valence-electron chi connectivity index (χ1n) is 2.51. The van der Waals surface area contributed by atoms with E-state index in [0.717, 1.165) is 12.6 Å². The van der Waals surface area contributed by atoms with E-state index >= 15 is 0 Å². The van der Waals surface area contributed by atoms with Crippen molar-refractivity contribution in [3.63, 3.8) is 0 Å². The Morgan fingerprint density at radius 3 is 2.88 bits per heavy atom. The molecule has 0 aromatic carbocycles. The van der Waals surface area contributed by atoms with Crippen LogP contribution >= 0.6 is 0 Å². The lowest BCUT2D eigenvalue weighted by Gasteiger charge is -1.78. The maximum Gasteiger partial charge on any atom is 0.323 e. The molecule has 0 aromatic heterocycles. The third kappa shape index (κ3) is 3.25. The number of rotatable bonds is 3. The quantitative estimate of drug-likeness (QED) is 0.300. The highest BCUT2D eigenvalue weighted by atomic mass is 16.1. The van der Waals surface area contributed by atoms with Gasteiger partial charge < -0.3 is 5.53 Å². The molecule has 44 valence electrons. The Labute approximate surface area is 47.9 Å². The molecule has 0 rings (SSSR count). The number of ketones is 1. The first kappa shape index (κ1) is 7.05. The van der Waals surface area contributed by atoms with Crippen LogP contribution in [0.2, 0.25) is 0 Å². The number of hydrogen-bond donors (Lipinski definition) is 0. The van der Waals surface area contributed by atoms with Gasteiger partial charge in [-0.3, -0.25) is 4.79 Å². The summed E-state index contributed by atoms with van der Waals surface area (Å²) in [6.45, 7) is 1.89. The Morgan fingerprint density at radius 2 is 2.50 bits per heavy atom. The van der Waals surface area contributed by atoms with E-state index in [9.17, 15) is 4.79 Å². The van der Waals surface area contributed by atoms with Crippen LogP contribution in [0.3, 0.4) is 0 Å². The van der Waals surface area contributed by atoms with Crippen molar-refractivity contribution in [1.29, 1.82) is 0 Å². The summed E-state index contributed by atoms with van der Waals surface area (Å²) in [6, 6.07) is 0. The standard InChI is InChI=1S/C5H8N2O/c1-2-3-5(8)4-7-6/h4H,2-3H2,1H3.